The Balaban J connectivity index is 2.05. The molecule has 0 aromatic carbocycles. The minimum atomic E-state index is 0.529. The van der Waals surface area contributed by atoms with E-state index in [4.69, 9.17) is 5.73 Å². The van der Waals surface area contributed by atoms with Crippen LogP contribution in [0.1, 0.15) is 39.0 Å². The highest BCUT2D eigenvalue weighted by molar-refractivity contribution is 9.10. The van der Waals surface area contributed by atoms with Gasteiger partial charge in [-0.2, -0.15) is 4.98 Å². The van der Waals surface area contributed by atoms with Crippen LogP contribution in [-0.2, 0) is 0 Å². The maximum absolute atomic E-state index is 5.77. The summed E-state index contributed by atoms with van der Waals surface area (Å²) in [7, 11) is 0. The number of rotatable bonds is 3. The third kappa shape index (κ3) is 3.57. The van der Waals surface area contributed by atoms with E-state index in [0.717, 1.165) is 29.6 Å². The number of nitrogens with two attached hydrogens (primary N) is 1. The summed E-state index contributed by atoms with van der Waals surface area (Å²) < 4.78 is 0.763. The molecular weight excluding hydrogens is 292 g/mol. The van der Waals surface area contributed by atoms with Crippen molar-refractivity contribution in [3.63, 3.8) is 0 Å². The van der Waals surface area contributed by atoms with Gasteiger partial charge in [-0.1, -0.05) is 19.8 Å². The molecule has 2 heterocycles. The first-order valence-electron chi connectivity index (χ1n) is 6.74. The van der Waals surface area contributed by atoms with Crippen molar-refractivity contribution in [2.75, 3.05) is 23.7 Å². The van der Waals surface area contributed by atoms with Gasteiger partial charge in [0.05, 0.1) is 0 Å². The van der Waals surface area contributed by atoms with Crippen LogP contribution in [0, 0.1) is 5.92 Å². The Labute approximate surface area is 117 Å². The predicted octanol–water partition coefficient (Wildman–Crippen LogP) is 3.23. The first kappa shape index (κ1) is 13.6. The van der Waals surface area contributed by atoms with Gasteiger partial charge in [0.2, 0.25) is 5.95 Å². The highest BCUT2D eigenvalue weighted by Crippen LogP contribution is 2.24. The number of aromatic nitrogens is 2. The fraction of sp³-hybridized carbons (Fsp3) is 0.692. The zero-order valence-electron chi connectivity index (χ0n) is 10.9. The van der Waals surface area contributed by atoms with Crippen molar-refractivity contribution >= 4 is 27.7 Å². The average Bonchev–Trinajstić information content (AvgIpc) is 2.54. The van der Waals surface area contributed by atoms with Crippen LogP contribution in [-0.4, -0.2) is 23.1 Å². The molecule has 1 aromatic rings. The minimum Gasteiger partial charge on any atom is -0.383 e. The van der Waals surface area contributed by atoms with E-state index in [1.165, 1.54) is 32.1 Å². The van der Waals surface area contributed by atoms with Crippen molar-refractivity contribution < 1.29 is 0 Å². The second-order valence-corrected chi connectivity index (χ2v) is 5.80. The first-order chi connectivity index (χ1) is 8.69. The van der Waals surface area contributed by atoms with Gasteiger partial charge in [-0.3, -0.25) is 0 Å². The molecule has 0 bridgehead atoms. The van der Waals surface area contributed by atoms with E-state index in [9.17, 15) is 0 Å². The molecule has 4 nitrogen and oxygen atoms in total. The van der Waals surface area contributed by atoms with E-state index in [-0.39, 0.29) is 0 Å². The lowest BCUT2D eigenvalue weighted by Crippen LogP contribution is -2.26. The van der Waals surface area contributed by atoms with Crippen LogP contribution in [0.15, 0.2) is 10.7 Å². The highest BCUT2D eigenvalue weighted by Gasteiger charge is 2.18. The summed E-state index contributed by atoms with van der Waals surface area (Å²) in [6.07, 6.45) is 6.41. The lowest BCUT2D eigenvalue weighted by atomic mass is 9.96. The Morgan fingerprint density at radius 2 is 2.22 bits per heavy atom. The molecule has 18 heavy (non-hydrogen) atoms. The third-order valence-electron chi connectivity index (χ3n) is 3.53. The Morgan fingerprint density at radius 3 is 2.94 bits per heavy atom. The Hall–Kier alpha value is -0.840. The fourth-order valence-corrected chi connectivity index (χ4v) is 3.02. The van der Waals surface area contributed by atoms with Crippen molar-refractivity contribution in [1.82, 2.24) is 9.97 Å². The second kappa shape index (κ2) is 6.36. The van der Waals surface area contributed by atoms with Gasteiger partial charge >= 0.3 is 0 Å². The molecule has 100 valence electrons. The van der Waals surface area contributed by atoms with Gasteiger partial charge in [0.25, 0.3) is 0 Å². The molecular formula is C13H21BrN4. The molecule has 0 aliphatic carbocycles. The van der Waals surface area contributed by atoms with E-state index < -0.39 is 0 Å². The molecule has 1 atom stereocenters. The van der Waals surface area contributed by atoms with Crippen molar-refractivity contribution in [1.29, 1.82) is 0 Å². The van der Waals surface area contributed by atoms with Gasteiger partial charge in [-0.05, 0) is 41.1 Å². The Bertz CT molecular complexity index is 376. The lowest BCUT2D eigenvalue weighted by Gasteiger charge is -2.20. The Kier molecular flexibility index (Phi) is 4.80. The van der Waals surface area contributed by atoms with E-state index in [1.54, 1.807) is 6.07 Å². The largest absolute Gasteiger partial charge is 0.383 e. The molecule has 2 rings (SSSR count). The Morgan fingerprint density at radius 1 is 1.39 bits per heavy atom. The quantitative estimate of drug-likeness (QED) is 0.871. The van der Waals surface area contributed by atoms with Crippen molar-refractivity contribution in [2.45, 2.75) is 39.0 Å². The molecule has 2 N–H and O–H groups in total. The zero-order chi connectivity index (χ0) is 13.0. The number of hydrogen-bond acceptors (Lipinski definition) is 4. The van der Waals surface area contributed by atoms with Crippen LogP contribution in [0.4, 0.5) is 11.8 Å². The van der Waals surface area contributed by atoms with Gasteiger partial charge in [-0.15, -0.1) is 0 Å². The number of anilines is 2. The molecule has 1 aliphatic heterocycles. The number of nitrogen functional groups attached to an aromatic ring is 1. The van der Waals surface area contributed by atoms with Gasteiger partial charge in [0, 0.05) is 19.2 Å². The van der Waals surface area contributed by atoms with Crippen molar-refractivity contribution in [3.05, 3.63) is 10.7 Å². The van der Waals surface area contributed by atoms with E-state index in [0.29, 0.717) is 5.82 Å². The molecule has 0 radical (unpaired) electrons. The van der Waals surface area contributed by atoms with Gasteiger partial charge in [0.15, 0.2) is 0 Å². The van der Waals surface area contributed by atoms with E-state index in [1.807, 2.05) is 0 Å². The van der Waals surface area contributed by atoms with Gasteiger partial charge < -0.3 is 10.6 Å². The monoisotopic (exact) mass is 312 g/mol. The second-order valence-electron chi connectivity index (χ2n) is 4.99. The molecule has 1 fully saturated rings. The van der Waals surface area contributed by atoms with E-state index >= 15 is 0 Å². The van der Waals surface area contributed by atoms with E-state index in [2.05, 4.69) is 37.7 Å². The molecule has 0 amide bonds. The third-order valence-corrected chi connectivity index (χ3v) is 3.94. The molecule has 1 unspecified atom stereocenters. The molecule has 0 spiro atoms. The zero-order valence-corrected chi connectivity index (χ0v) is 12.5. The van der Waals surface area contributed by atoms with Crippen molar-refractivity contribution in [3.8, 4) is 0 Å². The fourth-order valence-electron chi connectivity index (χ4n) is 2.63. The summed E-state index contributed by atoms with van der Waals surface area (Å²) in [5, 5.41) is 0. The maximum atomic E-state index is 5.77. The SMILES string of the molecule is CCCC1CCCN(c2nc(N)cc(Br)n2)CC1. The van der Waals surface area contributed by atoms with Crippen LogP contribution >= 0.6 is 15.9 Å². The molecule has 1 aromatic heterocycles. The first-order valence-corrected chi connectivity index (χ1v) is 7.53. The van der Waals surface area contributed by atoms with Crippen LogP contribution < -0.4 is 10.6 Å². The normalized spacial score (nSPS) is 20.8. The summed E-state index contributed by atoms with van der Waals surface area (Å²) in [5.41, 5.74) is 5.77. The molecule has 0 saturated carbocycles. The predicted molar refractivity (Wildman–Crippen MR) is 78.6 cm³/mol. The molecule has 1 saturated heterocycles. The summed E-state index contributed by atoms with van der Waals surface area (Å²) in [6, 6.07) is 1.74. The summed E-state index contributed by atoms with van der Waals surface area (Å²) in [6.45, 7) is 4.34. The summed E-state index contributed by atoms with van der Waals surface area (Å²) in [4.78, 5) is 11.0. The van der Waals surface area contributed by atoms with Crippen molar-refractivity contribution in [2.24, 2.45) is 5.92 Å². The standard InChI is InChI=1S/C13H21BrN4/c1-2-4-10-5-3-7-18(8-6-10)13-16-11(14)9-12(15)17-13/h9-10H,2-8H2,1H3,(H2,15,16,17). The van der Waals surface area contributed by atoms with Gasteiger partial charge in [0.1, 0.15) is 10.4 Å². The lowest BCUT2D eigenvalue weighted by molar-refractivity contribution is 0.435. The summed E-state index contributed by atoms with van der Waals surface area (Å²) >= 11 is 3.38. The van der Waals surface area contributed by atoms with Gasteiger partial charge in [-0.25, -0.2) is 4.98 Å². The van der Waals surface area contributed by atoms with Crippen LogP contribution in [0.25, 0.3) is 0 Å². The average molecular weight is 313 g/mol. The topological polar surface area (TPSA) is 55.0 Å². The molecule has 5 heteroatoms. The maximum Gasteiger partial charge on any atom is 0.228 e. The van der Waals surface area contributed by atoms with Crippen LogP contribution in [0.5, 0.6) is 0 Å². The summed E-state index contributed by atoms with van der Waals surface area (Å²) in [5.74, 6) is 2.16. The molecule has 1 aliphatic rings. The highest BCUT2D eigenvalue weighted by atomic mass is 79.9. The minimum absolute atomic E-state index is 0.529. The van der Waals surface area contributed by atoms with Crippen LogP contribution in [0.2, 0.25) is 0 Å². The number of hydrogen-bond donors (Lipinski definition) is 1. The smallest absolute Gasteiger partial charge is 0.228 e. The number of nitrogens with zero attached hydrogens (tertiary/aromatic N) is 3. The number of halogens is 1. The van der Waals surface area contributed by atoms with Crippen LogP contribution in [0.3, 0.4) is 0 Å².